The molecule has 6 N–H and O–H groups in total. The van der Waals surface area contributed by atoms with E-state index in [0.29, 0.717) is 18.1 Å². The number of hydrogen-bond acceptors (Lipinski definition) is 6. The van der Waals surface area contributed by atoms with E-state index in [2.05, 4.69) is 47.4 Å². The highest BCUT2D eigenvalue weighted by Crippen LogP contribution is 2.39. The molecule has 140 valence electrons. The standard InChI is InChI=1S/C18H38N6/c1-4-13-20-17(19)11-6-12-18(17,21-14(2)3)24(23-16-9-10-16)22-15-7-5-8-15/h14-16,20-23H,4-13,19H2,1-3H3. The van der Waals surface area contributed by atoms with Crippen LogP contribution in [0.2, 0.25) is 0 Å². The first kappa shape index (κ1) is 18.5. The molecule has 0 bridgehead atoms. The molecule has 0 aromatic rings. The zero-order valence-corrected chi connectivity index (χ0v) is 15.8. The van der Waals surface area contributed by atoms with Crippen LogP contribution in [0.1, 0.15) is 78.6 Å². The summed E-state index contributed by atoms with van der Waals surface area (Å²) in [6, 6.07) is 1.55. The van der Waals surface area contributed by atoms with E-state index >= 15 is 0 Å². The second-order valence-electron chi connectivity index (χ2n) is 8.41. The van der Waals surface area contributed by atoms with Crippen molar-refractivity contribution in [1.82, 2.24) is 26.6 Å². The third kappa shape index (κ3) is 3.79. The van der Waals surface area contributed by atoms with E-state index < -0.39 is 5.66 Å². The molecule has 3 saturated carbocycles. The molecule has 3 rings (SSSR count). The Morgan fingerprint density at radius 2 is 1.71 bits per heavy atom. The van der Waals surface area contributed by atoms with Gasteiger partial charge in [-0.1, -0.05) is 13.3 Å². The van der Waals surface area contributed by atoms with Gasteiger partial charge in [0.05, 0.1) is 0 Å². The van der Waals surface area contributed by atoms with Gasteiger partial charge < -0.3 is 5.73 Å². The molecule has 0 aliphatic heterocycles. The van der Waals surface area contributed by atoms with Crippen LogP contribution >= 0.6 is 0 Å². The lowest BCUT2D eigenvalue weighted by Crippen LogP contribution is -2.83. The van der Waals surface area contributed by atoms with Gasteiger partial charge in [0.15, 0.2) is 0 Å². The number of nitrogens with two attached hydrogens (primary N) is 1. The number of nitrogens with one attached hydrogen (secondary N) is 4. The van der Waals surface area contributed by atoms with Crippen molar-refractivity contribution in [2.24, 2.45) is 5.73 Å². The molecule has 0 heterocycles. The Balaban J connectivity index is 1.84. The number of hydrogen-bond donors (Lipinski definition) is 5. The summed E-state index contributed by atoms with van der Waals surface area (Å²) in [5, 5.41) is 9.83. The second kappa shape index (κ2) is 7.56. The molecule has 0 saturated heterocycles. The summed E-state index contributed by atoms with van der Waals surface area (Å²) >= 11 is 0. The van der Waals surface area contributed by atoms with E-state index in [1.807, 2.05) is 0 Å². The summed E-state index contributed by atoms with van der Waals surface area (Å²) in [7, 11) is 0. The van der Waals surface area contributed by atoms with Gasteiger partial charge in [-0.2, -0.15) is 5.12 Å². The van der Waals surface area contributed by atoms with Crippen LogP contribution < -0.4 is 27.2 Å². The van der Waals surface area contributed by atoms with Crippen LogP contribution in [0.5, 0.6) is 0 Å². The molecule has 2 unspecified atom stereocenters. The Labute approximate surface area is 147 Å². The Morgan fingerprint density at radius 3 is 2.21 bits per heavy atom. The maximum absolute atomic E-state index is 7.01. The van der Waals surface area contributed by atoms with E-state index in [1.54, 1.807) is 0 Å². The minimum absolute atomic E-state index is 0.297. The molecule has 0 spiro atoms. The lowest BCUT2D eigenvalue weighted by molar-refractivity contribution is -0.106. The summed E-state index contributed by atoms with van der Waals surface area (Å²) < 4.78 is 0. The second-order valence-corrected chi connectivity index (χ2v) is 8.41. The van der Waals surface area contributed by atoms with Crippen molar-refractivity contribution in [3.05, 3.63) is 0 Å². The first-order chi connectivity index (χ1) is 11.5. The Bertz CT molecular complexity index is 408. The summed E-state index contributed by atoms with van der Waals surface area (Å²) in [5.41, 5.74) is 13.8. The monoisotopic (exact) mass is 338 g/mol. The largest absolute Gasteiger partial charge is 0.311 e. The average molecular weight is 339 g/mol. The highest BCUT2D eigenvalue weighted by atomic mass is 15.8. The lowest BCUT2D eigenvalue weighted by atomic mass is 9.92. The van der Waals surface area contributed by atoms with E-state index in [4.69, 9.17) is 5.73 Å². The van der Waals surface area contributed by atoms with Crippen molar-refractivity contribution in [3.8, 4) is 0 Å². The van der Waals surface area contributed by atoms with Crippen LogP contribution in [-0.4, -0.2) is 41.1 Å². The quantitative estimate of drug-likeness (QED) is 0.307. The fraction of sp³-hybridized carbons (Fsp3) is 1.00. The third-order valence-corrected chi connectivity index (χ3v) is 5.75. The predicted molar refractivity (Wildman–Crippen MR) is 98.8 cm³/mol. The van der Waals surface area contributed by atoms with Crippen molar-refractivity contribution >= 4 is 0 Å². The molecule has 0 aromatic heterocycles. The molecular weight excluding hydrogens is 300 g/mol. The summed E-state index contributed by atoms with van der Waals surface area (Å²) in [4.78, 5) is 0. The summed E-state index contributed by atoms with van der Waals surface area (Å²) in [6.45, 7) is 7.60. The minimum Gasteiger partial charge on any atom is -0.311 e. The number of rotatable bonds is 10. The van der Waals surface area contributed by atoms with Crippen molar-refractivity contribution in [1.29, 1.82) is 0 Å². The van der Waals surface area contributed by atoms with E-state index in [0.717, 1.165) is 32.2 Å². The van der Waals surface area contributed by atoms with Gasteiger partial charge in [-0.25, -0.2) is 10.9 Å². The summed E-state index contributed by atoms with van der Waals surface area (Å²) in [6.07, 6.45) is 10.7. The molecule has 0 aromatic carbocycles. The van der Waals surface area contributed by atoms with Gasteiger partial charge in [-0.15, -0.1) is 0 Å². The maximum Gasteiger partial charge on any atom is 0.132 e. The SMILES string of the molecule is CCCNC1(N)CCCC1(NC(C)C)N(NC1CCC1)NC1CC1. The lowest BCUT2D eigenvalue weighted by Gasteiger charge is -2.53. The number of hydrazine groups is 2. The topological polar surface area (TPSA) is 77.4 Å². The van der Waals surface area contributed by atoms with Crippen LogP contribution in [0.25, 0.3) is 0 Å². The number of nitrogens with zero attached hydrogens (tertiary/aromatic N) is 1. The van der Waals surface area contributed by atoms with E-state index in [-0.39, 0.29) is 5.66 Å². The van der Waals surface area contributed by atoms with Crippen LogP contribution in [0.15, 0.2) is 0 Å². The van der Waals surface area contributed by atoms with Gasteiger partial charge in [0.2, 0.25) is 0 Å². The first-order valence-corrected chi connectivity index (χ1v) is 10.1. The van der Waals surface area contributed by atoms with Gasteiger partial charge in [-0.3, -0.25) is 10.6 Å². The van der Waals surface area contributed by atoms with E-state index in [9.17, 15) is 0 Å². The fourth-order valence-corrected chi connectivity index (χ4v) is 4.06. The summed E-state index contributed by atoms with van der Waals surface area (Å²) in [5.74, 6) is 0. The average Bonchev–Trinajstić information content (AvgIpc) is 3.24. The van der Waals surface area contributed by atoms with Gasteiger partial charge in [0.25, 0.3) is 0 Å². The normalized spacial score (nSPS) is 34.2. The molecule has 6 nitrogen and oxygen atoms in total. The molecule has 24 heavy (non-hydrogen) atoms. The fourth-order valence-electron chi connectivity index (χ4n) is 4.06. The zero-order chi connectivity index (χ0) is 17.2. The van der Waals surface area contributed by atoms with Crippen molar-refractivity contribution in [3.63, 3.8) is 0 Å². The maximum atomic E-state index is 7.01. The molecule has 0 amide bonds. The highest BCUT2D eigenvalue weighted by molar-refractivity contribution is 5.11. The molecule has 0 radical (unpaired) electrons. The van der Waals surface area contributed by atoms with Crippen LogP contribution in [0, 0.1) is 0 Å². The predicted octanol–water partition coefficient (Wildman–Crippen LogP) is 1.55. The van der Waals surface area contributed by atoms with Gasteiger partial charge in [-0.05, 0) is 71.8 Å². The molecule has 3 aliphatic carbocycles. The third-order valence-electron chi connectivity index (χ3n) is 5.75. The molecule has 2 atom stereocenters. The van der Waals surface area contributed by atoms with Gasteiger partial charge >= 0.3 is 0 Å². The first-order valence-electron chi connectivity index (χ1n) is 10.1. The Kier molecular flexibility index (Phi) is 5.84. The molecule has 3 aliphatic rings. The molecular formula is C18H38N6. The van der Waals surface area contributed by atoms with Crippen LogP contribution in [0.4, 0.5) is 0 Å². The van der Waals surface area contributed by atoms with Crippen LogP contribution in [0.3, 0.4) is 0 Å². The highest BCUT2D eigenvalue weighted by Gasteiger charge is 2.57. The zero-order valence-electron chi connectivity index (χ0n) is 15.8. The smallest absolute Gasteiger partial charge is 0.132 e. The Hall–Kier alpha value is -0.240. The van der Waals surface area contributed by atoms with Gasteiger partial charge in [0, 0.05) is 18.1 Å². The van der Waals surface area contributed by atoms with Crippen molar-refractivity contribution in [2.45, 2.75) is 108 Å². The van der Waals surface area contributed by atoms with Crippen molar-refractivity contribution in [2.75, 3.05) is 6.54 Å². The van der Waals surface area contributed by atoms with Crippen molar-refractivity contribution < 1.29 is 0 Å². The molecule has 6 heteroatoms. The molecule has 3 fully saturated rings. The minimum atomic E-state index is -0.425. The Morgan fingerprint density at radius 1 is 1.04 bits per heavy atom. The van der Waals surface area contributed by atoms with Gasteiger partial charge in [0.1, 0.15) is 11.3 Å². The van der Waals surface area contributed by atoms with E-state index in [1.165, 1.54) is 32.1 Å². The van der Waals surface area contributed by atoms with Crippen LogP contribution in [-0.2, 0) is 0 Å².